The van der Waals surface area contributed by atoms with E-state index in [2.05, 4.69) is 5.10 Å². The van der Waals surface area contributed by atoms with Gasteiger partial charge >= 0.3 is 0 Å². The van der Waals surface area contributed by atoms with Crippen LogP contribution in [0.15, 0.2) is 36.7 Å². The molecule has 0 saturated carbocycles. The molecule has 1 aromatic carbocycles. The summed E-state index contributed by atoms with van der Waals surface area (Å²) in [5, 5.41) is 4.60. The predicted octanol–water partition coefficient (Wildman–Crippen LogP) is 3.34. The molecule has 1 heterocycles. The SMILES string of the molecule is O=C(CCCn1cc(Cl)cn1)c1ccc(F)cc1. The van der Waals surface area contributed by atoms with Crippen LogP contribution in [0.4, 0.5) is 4.39 Å². The highest BCUT2D eigenvalue weighted by molar-refractivity contribution is 6.30. The van der Waals surface area contributed by atoms with Crippen LogP contribution in [0.25, 0.3) is 0 Å². The van der Waals surface area contributed by atoms with Crippen molar-refractivity contribution in [2.24, 2.45) is 0 Å². The van der Waals surface area contributed by atoms with Gasteiger partial charge in [0, 0.05) is 24.7 Å². The number of ketones is 1. The summed E-state index contributed by atoms with van der Waals surface area (Å²) in [7, 11) is 0. The fraction of sp³-hybridized carbons (Fsp3) is 0.231. The first kappa shape index (κ1) is 12.8. The first-order chi connectivity index (χ1) is 8.65. The fourth-order valence-electron chi connectivity index (χ4n) is 1.64. The van der Waals surface area contributed by atoms with Crippen LogP contribution in [0, 0.1) is 5.82 Å². The number of Topliss-reactive ketones (excluding diaryl/α,β-unsaturated/α-hetero) is 1. The molecule has 1 aromatic heterocycles. The molecule has 0 aliphatic heterocycles. The molecule has 2 rings (SSSR count). The quantitative estimate of drug-likeness (QED) is 0.778. The zero-order valence-corrected chi connectivity index (χ0v) is 10.4. The summed E-state index contributed by atoms with van der Waals surface area (Å²) in [6, 6.07) is 5.59. The van der Waals surface area contributed by atoms with E-state index in [1.165, 1.54) is 24.3 Å². The normalized spacial score (nSPS) is 10.6. The lowest BCUT2D eigenvalue weighted by Crippen LogP contribution is -2.03. The van der Waals surface area contributed by atoms with Gasteiger partial charge in [0.15, 0.2) is 5.78 Å². The maximum Gasteiger partial charge on any atom is 0.162 e. The highest BCUT2D eigenvalue weighted by Gasteiger charge is 2.06. The van der Waals surface area contributed by atoms with E-state index >= 15 is 0 Å². The van der Waals surface area contributed by atoms with Gasteiger partial charge in [-0.3, -0.25) is 9.48 Å². The van der Waals surface area contributed by atoms with Gasteiger partial charge in [-0.1, -0.05) is 11.6 Å². The summed E-state index contributed by atoms with van der Waals surface area (Å²) >= 11 is 5.73. The Labute approximate surface area is 109 Å². The van der Waals surface area contributed by atoms with Gasteiger partial charge in [-0.2, -0.15) is 5.10 Å². The third kappa shape index (κ3) is 3.40. The molecule has 3 nitrogen and oxygen atoms in total. The maximum absolute atomic E-state index is 12.7. The highest BCUT2D eigenvalue weighted by atomic mass is 35.5. The summed E-state index contributed by atoms with van der Waals surface area (Å²) in [6.07, 6.45) is 4.35. The van der Waals surface area contributed by atoms with Gasteiger partial charge in [-0.15, -0.1) is 0 Å². The van der Waals surface area contributed by atoms with E-state index in [0.717, 1.165) is 0 Å². The molecule has 5 heteroatoms. The Hall–Kier alpha value is -1.68. The minimum Gasteiger partial charge on any atom is -0.294 e. The lowest BCUT2D eigenvalue weighted by molar-refractivity contribution is 0.0978. The van der Waals surface area contributed by atoms with E-state index in [4.69, 9.17) is 11.6 Å². The molecule has 0 atom stereocenters. The average Bonchev–Trinajstić information content (AvgIpc) is 2.76. The van der Waals surface area contributed by atoms with E-state index < -0.39 is 0 Å². The molecule has 18 heavy (non-hydrogen) atoms. The van der Waals surface area contributed by atoms with Gasteiger partial charge in [0.2, 0.25) is 0 Å². The third-order valence-corrected chi connectivity index (χ3v) is 2.75. The number of hydrogen-bond acceptors (Lipinski definition) is 2. The first-order valence-electron chi connectivity index (χ1n) is 5.62. The highest BCUT2D eigenvalue weighted by Crippen LogP contribution is 2.09. The van der Waals surface area contributed by atoms with E-state index in [1.807, 2.05) is 0 Å². The fourth-order valence-corrected chi connectivity index (χ4v) is 1.80. The molecule has 0 radical (unpaired) electrons. The number of rotatable bonds is 5. The van der Waals surface area contributed by atoms with Crippen LogP contribution in [0.5, 0.6) is 0 Å². The number of benzene rings is 1. The summed E-state index contributed by atoms with van der Waals surface area (Å²) in [5.41, 5.74) is 0.537. The third-order valence-electron chi connectivity index (χ3n) is 2.56. The van der Waals surface area contributed by atoms with Crippen molar-refractivity contribution in [2.45, 2.75) is 19.4 Å². The van der Waals surface area contributed by atoms with Gasteiger partial charge < -0.3 is 0 Å². The molecular formula is C13H12ClFN2O. The lowest BCUT2D eigenvalue weighted by Gasteiger charge is -2.02. The molecule has 0 bridgehead atoms. The van der Waals surface area contributed by atoms with Crippen LogP contribution < -0.4 is 0 Å². The monoisotopic (exact) mass is 266 g/mol. The standard InChI is InChI=1S/C13H12ClFN2O/c14-11-8-16-17(9-11)7-1-2-13(18)10-3-5-12(15)6-4-10/h3-6,8-9H,1-2,7H2. The minimum absolute atomic E-state index is 0.00764. The average molecular weight is 267 g/mol. The molecule has 0 unspecified atom stereocenters. The number of nitrogens with zero attached hydrogens (tertiary/aromatic N) is 2. The Morgan fingerprint density at radius 1 is 1.33 bits per heavy atom. The smallest absolute Gasteiger partial charge is 0.162 e. The molecule has 0 fully saturated rings. The second kappa shape index (κ2) is 5.78. The van der Waals surface area contributed by atoms with E-state index in [-0.39, 0.29) is 11.6 Å². The topological polar surface area (TPSA) is 34.9 Å². The number of hydrogen-bond donors (Lipinski definition) is 0. The predicted molar refractivity (Wildman–Crippen MR) is 67.2 cm³/mol. The Balaban J connectivity index is 1.83. The number of aryl methyl sites for hydroxylation is 1. The van der Waals surface area contributed by atoms with Crippen LogP contribution in [-0.4, -0.2) is 15.6 Å². The van der Waals surface area contributed by atoms with Crippen molar-refractivity contribution in [3.63, 3.8) is 0 Å². The molecule has 2 aromatic rings. The number of aromatic nitrogens is 2. The first-order valence-corrected chi connectivity index (χ1v) is 5.99. The van der Waals surface area contributed by atoms with Gasteiger partial charge in [0.1, 0.15) is 5.82 Å². The Morgan fingerprint density at radius 3 is 2.67 bits per heavy atom. The van der Waals surface area contributed by atoms with E-state index in [0.29, 0.717) is 30.0 Å². The van der Waals surface area contributed by atoms with Gasteiger partial charge in [0.05, 0.1) is 11.2 Å². The Kier molecular flexibility index (Phi) is 4.10. The van der Waals surface area contributed by atoms with Crippen molar-refractivity contribution in [3.05, 3.63) is 53.1 Å². The molecule has 94 valence electrons. The minimum atomic E-state index is -0.335. The largest absolute Gasteiger partial charge is 0.294 e. The summed E-state index contributed by atoms with van der Waals surface area (Å²) in [4.78, 5) is 11.8. The van der Waals surface area contributed by atoms with Crippen LogP contribution in [-0.2, 0) is 6.54 Å². The van der Waals surface area contributed by atoms with Gasteiger partial charge in [0.25, 0.3) is 0 Å². The molecule has 0 spiro atoms. The number of carbonyl (C=O) groups is 1. The molecular weight excluding hydrogens is 255 g/mol. The summed E-state index contributed by atoms with van der Waals surface area (Å²) in [5.74, 6) is -0.328. The number of halogens is 2. The zero-order valence-electron chi connectivity index (χ0n) is 9.64. The van der Waals surface area contributed by atoms with Crippen LogP contribution in [0.1, 0.15) is 23.2 Å². The van der Waals surface area contributed by atoms with Crippen molar-refractivity contribution in [1.29, 1.82) is 0 Å². The maximum atomic E-state index is 12.7. The molecule has 0 saturated heterocycles. The van der Waals surface area contributed by atoms with Crippen molar-refractivity contribution in [2.75, 3.05) is 0 Å². The Bertz CT molecular complexity index is 536. The summed E-state index contributed by atoms with van der Waals surface area (Å²) < 4.78 is 14.4. The van der Waals surface area contributed by atoms with E-state index in [1.54, 1.807) is 17.1 Å². The van der Waals surface area contributed by atoms with E-state index in [9.17, 15) is 9.18 Å². The van der Waals surface area contributed by atoms with Crippen molar-refractivity contribution < 1.29 is 9.18 Å². The molecule has 0 aliphatic rings. The van der Waals surface area contributed by atoms with Crippen molar-refractivity contribution in [1.82, 2.24) is 9.78 Å². The van der Waals surface area contributed by atoms with Crippen LogP contribution in [0.3, 0.4) is 0 Å². The molecule has 0 aliphatic carbocycles. The van der Waals surface area contributed by atoms with Crippen LogP contribution in [0.2, 0.25) is 5.02 Å². The van der Waals surface area contributed by atoms with Crippen LogP contribution >= 0.6 is 11.6 Å². The lowest BCUT2D eigenvalue weighted by atomic mass is 10.1. The van der Waals surface area contributed by atoms with Crippen molar-refractivity contribution in [3.8, 4) is 0 Å². The van der Waals surface area contributed by atoms with Gasteiger partial charge in [-0.25, -0.2) is 4.39 Å². The van der Waals surface area contributed by atoms with Crippen molar-refractivity contribution >= 4 is 17.4 Å². The molecule has 0 amide bonds. The zero-order chi connectivity index (χ0) is 13.0. The van der Waals surface area contributed by atoms with Gasteiger partial charge in [-0.05, 0) is 30.7 Å². The molecule has 0 N–H and O–H groups in total. The number of carbonyl (C=O) groups excluding carboxylic acids is 1. The second-order valence-electron chi connectivity index (χ2n) is 3.96. The second-order valence-corrected chi connectivity index (χ2v) is 4.39. The summed E-state index contributed by atoms with van der Waals surface area (Å²) in [6.45, 7) is 0.639. The Morgan fingerprint density at radius 2 is 2.06 bits per heavy atom.